The number of benzene rings is 1. The number of nitrogens with one attached hydrogen (secondary N) is 1. The summed E-state index contributed by atoms with van der Waals surface area (Å²) in [7, 11) is 1.75. The average molecular weight is 235 g/mol. The van der Waals surface area contributed by atoms with Gasteiger partial charge in [-0.3, -0.25) is 0 Å². The summed E-state index contributed by atoms with van der Waals surface area (Å²) in [6.07, 6.45) is 4.78. The van der Waals surface area contributed by atoms with Crippen molar-refractivity contribution in [3.05, 3.63) is 29.3 Å². The molecule has 17 heavy (non-hydrogen) atoms. The Balaban J connectivity index is 2.32. The van der Waals surface area contributed by atoms with Crippen LogP contribution in [0, 0.1) is 6.92 Å². The fourth-order valence-corrected chi connectivity index (χ4v) is 1.97. The zero-order chi connectivity index (χ0) is 12.5. The molecule has 1 aromatic carbocycles. The third-order valence-electron chi connectivity index (χ3n) is 2.91. The monoisotopic (exact) mass is 235 g/mol. The van der Waals surface area contributed by atoms with Gasteiger partial charge in [-0.25, -0.2) is 0 Å². The van der Waals surface area contributed by atoms with Crippen molar-refractivity contribution in [2.24, 2.45) is 0 Å². The molecular weight excluding hydrogens is 210 g/mol. The lowest BCUT2D eigenvalue weighted by Gasteiger charge is -2.09. The van der Waals surface area contributed by atoms with Crippen molar-refractivity contribution in [1.82, 2.24) is 5.32 Å². The van der Waals surface area contributed by atoms with Crippen LogP contribution in [0.25, 0.3) is 0 Å². The maximum atomic E-state index is 5.38. The minimum absolute atomic E-state index is 1.03. The first kappa shape index (κ1) is 14.0. The molecule has 0 unspecified atom stereocenters. The molecule has 0 aliphatic heterocycles. The zero-order valence-corrected chi connectivity index (χ0v) is 11.4. The largest absolute Gasteiger partial charge is 0.496 e. The predicted octanol–water partition coefficient (Wildman–Crippen LogP) is 3.33. The Bertz CT molecular complexity index is 323. The molecule has 1 N–H and O–H groups in total. The molecule has 0 spiro atoms. The van der Waals surface area contributed by atoms with E-state index in [2.05, 4.69) is 37.4 Å². The van der Waals surface area contributed by atoms with E-state index in [9.17, 15) is 0 Å². The highest BCUT2D eigenvalue weighted by atomic mass is 16.5. The average Bonchev–Trinajstić information content (AvgIpc) is 2.34. The summed E-state index contributed by atoms with van der Waals surface area (Å²) >= 11 is 0. The van der Waals surface area contributed by atoms with Crippen molar-refractivity contribution in [3.63, 3.8) is 0 Å². The molecule has 0 atom stereocenters. The van der Waals surface area contributed by atoms with Crippen molar-refractivity contribution in [2.45, 2.75) is 39.5 Å². The van der Waals surface area contributed by atoms with E-state index in [0.29, 0.717) is 0 Å². The van der Waals surface area contributed by atoms with Gasteiger partial charge >= 0.3 is 0 Å². The van der Waals surface area contributed by atoms with Crippen LogP contribution in [0.2, 0.25) is 0 Å². The van der Waals surface area contributed by atoms with E-state index >= 15 is 0 Å². The smallest absolute Gasteiger partial charge is 0.122 e. The van der Waals surface area contributed by atoms with Gasteiger partial charge in [0.25, 0.3) is 0 Å². The van der Waals surface area contributed by atoms with E-state index in [4.69, 9.17) is 4.74 Å². The maximum absolute atomic E-state index is 5.38. The van der Waals surface area contributed by atoms with Crippen LogP contribution < -0.4 is 10.1 Å². The van der Waals surface area contributed by atoms with Crippen molar-refractivity contribution < 1.29 is 4.74 Å². The second kappa shape index (κ2) is 8.13. The van der Waals surface area contributed by atoms with Gasteiger partial charge < -0.3 is 10.1 Å². The van der Waals surface area contributed by atoms with Crippen molar-refractivity contribution in [3.8, 4) is 5.75 Å². The van der Waals surface area contributed by atoms with Gasteiger partial charge in [-0.2, -0.15) is 0 Å². The van der Waals surface area contributed by atoms with Crippen molar-refractivity contribution in [2.75, 3.05) is 20.2 Å². The second-order valence-corrected chi connectivity index (χ2v) is 4.52. The number of ether oxygens (including phenoxy) is 1. The van der Waals surface area contributed by atoms with E-state index in [1.54, 1.807) is 7.11 Å². The highest BCUT2D eigenvalue weighted by Gasteiger charge is 2.02. The molecule has 2 nitrogen and oxygen atoms in total. The fraction of sp³-hybridized carbons (Fsp3) is 0.600. The van der Waals surface area contributed by atoms with Crippen LogP contribution in [-0.4, -0.2) is 20.2 Å². The number of hydrogen-bond acceptors (Lipinski definition) is 2. The van der Waals surface area contributed by atoms with Crippen LogP contribution in [0.1, 0.15) is 37.3 Å². The summed E-state index contributed by atoms with van der Waals surface area (Å²) in [5.41, 5.74) is 2.65. The minimum atomic E-state index is 1.03. The summed E-state index contributed by atoms with van der Waals surface area (Å²) in [6, 6.07) is 6.41. The summed E-state index contributed by atoms with van der Waals surface area (Å²) < 4.78 is 5.38. The summed E-state index contributed by atoms with van der Waals surface area (Å²) in [4.78, 5) is 0. The number of hydrogen-bond donors (Lipinski definition) is 1. The molecule has 0 saturated heterocycles. The minimum Gasteiger partial charge on any atom is -0.496 e. The first-order valence-corrected chi connectivity index (χ1v) is 6.62. The zero-order valence-electron chi connectivity index (χ0n) is 11.4. The quantitative estimate of drug-likeness (QED) is 0.698. The van der Waals surface area contributed by atoms with E-state index in [1.807, 2.05) is 0 Å². The van der Waals surface area contributed by atoms with E-state index < -0.39 is 0 Å². The molecular formula is C15H25NO. The molecule has 1 rings (SSSR count). The summed E-state index contributed by atoms with van der Waals surface area (Å²) in [5.74, 6) is 1.03. The summed E-state index contributed by atoms with van der Waals surface area (Å²) in [5, 5.41) is 3.43. The Hall–Kier alpha value is -1.02. The first-order valence-electron chi connectivity index (χ1n) is 6.62. The predicted molar refractivity (Wildman–Crippen MR) is 73.8 cm³/mol. The Morgan fingerprint density at radius 1 is 1.18 bits per heavy atom. The Labute approximate surface area is 105 Å². The fourth-order valence-electron chi connectivity index (χ4n) is 1.97. The van der Waals surface area contributed by atoms with Gasteiger partial charge in [0.1, 0.15) is 5.75 Å². The van der Waals surface area contributed by atoms with Gasteiger partial charge in [0.15, 0.2) is 0 Å². The van der Waals surface area contributed by atoms with Crippen LogP contribution in [0.3, 0.4) is 0 Å². The van der Waals surface area contributed by atoms with Gasteiger partial charge in [0, 0.05) is 0 Å². The SMILES string of the molecule is CCCNCCCCc1cc(C)ccc1OC. The molecule has 0 bridgehead atoms. The number of methoxy groups -OCH3 is 1. The highest BCUT2D eigenvalue weighted by molar-refractivity contribution is 5.36. The third-order valence-corrected chi connectivity index (χ3v) is 2.91. The Kier molecular flexibility index (Phi) is 6.71. The molecule has 0 fully saturated rings. The van der Waals surface area contributed by atoms with E-state index in [-0.39, 0.29) is 0 Å². The molecule has 0 aromatic heterocycles. The van der Waals surface area contributed by atoms with Crippen LogP contribution in [-0.2, 0) is 6.42 Å². The van der Waals surface area contributed by atoms with Crippen LogP contribution in [0.5, 0.6) is 5.75 Å². The first-order chi connectivity index (χ1) is 8.27. The van der Waals surface area contributed by atoms with Gasteiger partial charge in [-0.15, -0.1) is 0 Å². The Morgan fingerprint density at radius 3 is 2.71 bits per heavy atom. The molecule has 0 aliphatic carbocycles. The van der Waals surface area contributed by atoms with Crippen LogP contribution >= 0.6 is 0 Å². The Morgan fingerprint density at radius 2 is 2.00 bits per heavy atom. The lowest BCUT2D eigenvalue weighted by molar-refractivity contribution is 0.408. The lowest BCUT2D eigenvalue weighted by atomic mass is 10.0. The molecule has 0 aliphatic rings. The standard InChI is InChI=1S/C15H25NO/c1-4-10-16-11-6-5-7-14-12-13(2)8-9-15(14)17-3/h8-9,12,16H,4-7,10-11H2,1-3H3. The molecule has 0 radical (unpaired) electrons. The molecule has 0 heterocycles. The topological polar surface area (TPSA) is 21.3 Å². The van der Waals surface area contributed by atoms with Gasteiger partial charge in [-0.1, -0.05) is 24.6 Å². The third kappa shape index (κ3) is 5.22. The van der Waals surface area contributed by atoms with Crippen LogP contribution in [0.4, 0.5) is 0 Å². The highest BCUT2D eigenvalue weighted by Crippen LogP contribution is 2.21. The maximum Gasteiger partial charge on any atom is 0.122 e. The van der Waals surface area contributed by atoms with Crippen LogP contribution in [0.15, 0.2) is 18.2 Å². The van der Waals surface area contributed by atoms with E-state index in [0.717, 1.165) is 25.3 Å². The summed E-state index contributed by atoms with van der Waals surface area (Å²) in [6.45, 7) is 6.59. The number of rotatable bonds is 8. The number of unbranched alkanes of at least 4 members (excludes halogenated alkanes) is 1. The molecule has 0 amide bonds. The molecule has 2 heteroatoms. The van der Waals surface area contributed by atoms with Crippen molar-refractivity contribution in [1.29, 1.82) is 0 Å². The van der Waals surface area contributed by atoms with Crippen molar-refractivity contribution >= 4 is 0 Å². The lowest BCUT2D eigenvalue weighted by Crippen LogP contribution is -2.15. The molecule has 96 valence electrons. The normalized spacial score (nSPS) is 10.5. The van der Waals surface area contributed by atoms with E-state index in [1.165, 1.54) is 30.4 Å². The molecule has 0 saturated carbocycles. The van der Waals surface area contributed by atoms with Gasteiger partial charge in [0.05, 0.1) is 7.11 Å². The molecule has 1 aromatic rings. The van der Waals surface area contributed by atoms with Gasteiger partial charge in [-0.05, 0) is 57.3 Å². The second-order valence-electron chi connectivity index (χ2n) is 4.52. The number of aryl methyl sites for hydroxylation is 2. The van der Waals surface area contributed by atoms with Gasteiger partial charge in [0.2, 0.25) is 0 Å².